The highest BCUT2D eigenvalue weighted by Gasteiger charge is 2.32. The third kappa shape index (κ3) is 4.43. The molecule has 140 valence electrons. The number of ketones is 1. The Labute approximate surface area is 157 Å². The molecule has 0 fully saturated rings. The summed E-state index contributed by atoms with van der Waals surface area (Å²) in [6.45, 7) is 0. The molecule has 1 atom stereocenters. The molecule has 0 amide bonds. The third-order valence-electron chi connectivity index (χ3n) is 4.23. The van der Waals surface area contributed by atoms with Crippen molar-refractivity contribution in [1.29, 1.82) is 0 Å². The van der Waals surface area contributed by atoms with Gasteiger partial charge < -0.3 is 9.47 Å². The Morgan fingerprint density at radius 2 is 1.74 bits per heavy atom. The number of benzene rings is 2. The molecule has 0 bridgehead atoms. The summed E-state index contributed by atoms with van der Waals surface area (Å²) in [5.74, 6) is -1.26. The number of hydrogen-bond donors (Lipinski definition) is 0. The highest BCUT2D eigenvalue weighted by molar-refractivity contribution is 7.91. The molecule has 7 heteroatoms. The van der Waals surface area contributed by atoms with Crippen LogP contribution in [0.25, 0.3) is 0 Å². The van der Waals surface area contributed by atoms with Crippen LogP contribution in [0.1, 0.15) is 16.8 Å². The van der Waals surface area contributed by atoms with Crippen LogP contribution in [0.15, 0.2) is 71.3 Å². The van der Waals surface area contributed by atoms with Crippen molar-refractivity contribution in [2.75, 3.05) is 12.9 Å². The second kappa shape index (κ2) is 7.75. The zero-order chi connectivity index (χ0) is 19.4. The molecular formula is C20H18O6S. The number of ether oxygens (including phenoxy) is 2. The van der Waals surface area contributed by atoms with Crippen LogP contribution in [0.4, 0.5) is 0 Å². The summed E-state index contributed by atoms with van der Waals surface area (Å²) in [6.07, 6.45) is 1.28. The van der Waals surface area contributed by atoms with Crippen LogP contribution in [0.2, 0.25) is 0 Å². The molecule has 0 aromatic heterocycles. The van der Waals surface area contributed by atoms with E-state index in [0.717, 1.165) is 0 Å². The predicted octanol–water partition coefficient (Wildman–Crippen LogP) is 2.80. The van der Waals surface area contributed by atoms with E-state index >= 15 is 0 Å². The highest BCUT2D eigenvalue weighted by Crippen LogP contribution is 2.27. The van der Waals surface area contributed by atoms with Gasteiger partial charge in [-0.1, -0.05) is 18.2 Å². The van der Waals surface area contributed by atoms with Crippen LogP contribution in [0.5, 0.6) is 5.75 Å². The van der Waals surface area contributed by atoms with Gasteiger partial charge in [0, 0.05) is 18.4 Å². The van der Waals surface area contributed by atoms with Gasteiger partial charge in [0.1, 0.15) is 11.5 Å². The quantitative estimate of drug-likeness (QED) is 0.710. The van der Waals surface area contributed by atoms with Crippen LogP contribution < -0.4 is 4.74 Å². The molecule has 2 aromatic carbocycles. The van der Waals surface area contributed by atoms with Crippen LogP contribution in [0, 0.1) is 5.92 Å². The molecule has 0 spiro atoms. The lowest BCUT2D eigenvalue weighted by atomic mass is 10.1. The van der Waals surface area contributed by atoms with Gasteiger partial charge in [-0.3, -0.25) is 4.79 Å². The molecule has 3 rings (SSSR count). The maximum Gasteiger partial charge on any atom is 0.343 e. The summed E-state index contributed by atoms with van der Waals surface area (Å²) in [6, 6.07) is 14.3. The second-order valence-electron chi connectivity index (χ2n) is 6.13. The minimum Gasteiger partial charge on any atom is -0.497 e. The number of carbonyl (C=O) groups excluding carboxylic acids is 2. The first-order valence-electron chi connectivity index (χ1n) is 8.27. The lowest BCUT2D eigenvalue weighted by molar-refractivity contribution is -0.116. The first kappa shape index (κ1) is 18.8. The average molecular weight is 386 g/mol. The summed E-state index contributed by atoms with van der Waals surface area (Å²) in [5.41, 5.74) is 0.310. The molecule has 0 saturated carbocycles. The summed E-state index contributed by atoms with van der Waals surface area (Å²) in [4.78, 5) is 24.5. The normalized spacial score (nSPS) is 16.7. The molecular weight excluding hydrogens is 368 g/mol. The Morgan fingerprint density at radius 3 is 2.37 bits per heavy atom. The number of methoxy groups -OCH3 is 1. The molecule has 1 aliphatic carbocycles. The van der Waals surface area contributed by atoms with E-state index < -0.39 is 21.7 Å². The van der Waals surface area contributed by atoms with E-state index in [-0.39, 0.29) is 28.6 Å². The first-order chi connectivity index (χ1) is 12.9. The van der Waals surface area contributed by atoms with Gasteiger partial charge in [-0.15, -0.1) is 0 Å². The SMILES string of the molecule is COc1ccc(C(=O)OC2=CC(=O)C(CS(=O)(=O)c3ccccc3)C2)cc1. The molecule has 1 unspecified atom stereocenters. The van der Waals surface area contributed by atoms with E-state index in [1.807, 2.05) is 0 Å². The number of allylic oxidation sites excluding steroid dienone is 2. The lowest BCUT2D eigenvalue weighted by Gasteiger charge is -2.10. The van der Waals surface area contributed by atoms with Crippen molar-refractivity contribution in [2.45, 2.75) is 11.3 Å². The van der Waals surface area contributed by atoms with Crippen molar-refractivity contribution in [3.8, 4) is 5.75 Å². The smallest absolute Gasteiger partial charge is 0.343 e. The molecule has 27 heavy (non-hydrogen) atoms. The largest absolute Gasteiger partial charge is 0.497 e. The zero-order valence-electron chi connectivity index (χ0n) is 14.6. The highest BCUT2D eigenvalue weighted by atomic mass is 32.2. The maximum absolute atomic E-state index is 12.4. The predicted molar refractivity (Wildman–Crippen MR) is 98.1 cm³/mol. The van der Waals surface area contributed by atoms with Gasteiger partial charge in [0.15, 0.2) is 15.6 Å². The molecule has 1 aliphatic rings. The number of hydrogen-bond acceptors (Lipinski definition) is 6. The van der Waals surface area contributed by atoms with Gasteiger partial charge in [-0.05, 0) is 36.4 Å². The summed E-state index contributed by atoms with van der Waals surface area (Å²) in [7, 11) is -2.08. The minimum atomic E-state index is -3.60. The summed E-state index contributed by atoms with van der Waals surface area (Å²) in [5, 5.41) is 0. The van der Waals surface area contributed by atoms with Gasteiger partial charge in [0.25, 0.3) is 0 Å². The summed E-state index contributed by atoms with van der Waals surface area (Å²) >= 11 is 0. The van der Waals surface area contributed by atoms with Crippen molar-refractivity contribution in [2.24, 2.45) is 5.92 Å². The van der Waals surface area contributed by atoms with E-state index in [4.69, 9.17) is 9.47 Å². The van der Waals surface area contributed by atoms with Crippen LogP contribution in [-0.2, 0) is 19.4 Å². The Balaban J connectivity index is 1.64. The molecule has 2 aromatic rings. The Kier molecular flexibility index (Phi) is 5.41. The second-order valence-corrected chi connectivity index (χ2v) is 8.16. The van der Waals surface area contributed by atoms with E-state index in [9.17, 15) is 18.0 Å². The van der Waals surface area contributed by atoms with Crippen molar-refractivity contribution < 1.29 is 27.5 Å². The summed E-state index contributed by atoms with van der Waals surface area (Å²) < 4.78 is 35.2. The van der Waals surface area contributed by atoms with Crippen LogP contribution in [0.3, 0.4) is 0 Å². The fraction of sp³-hybridized carbons (Fsp3) is 0.200. The van der Waals surface area contributed by atoms with Crippen molar-refractivity contribution >= 4 is 21.6 Å². The molecule has 0 aliphatic heterocycles. The van der Waals surface area contributed by atoms with E-state index in [1.165, 1.54) is 25.3 Å². The molecule has 0 saturated heterocycles. The number of esters is 1. The Morgan fingerprint density at radius 1 is 1.07 bits per heavy atom. The minimum absolute atomic E-state index is 0.0762. The average Bonchev–Trinajstić information content (AvgIpc) is 3.00. The molecule has 0 heterocycles. The van der Waals surface area contributed by atoms with Crippen molar-refractivity contribution in [3.05, 3.63) is 72.0 Å². The third-order valence-corrected chi connectivity index (χ3v) is 6.06. The number of sulfone groups is 1. The van der Waals surface area contributed by atoms with E-state index in [1.54, 1.807) is 42.5 Å². The Hall–Kier alpha value is -2.93. The standard InChI is InChI=1S/C20H18O6S/c1-25-16-9-7-14(8-10-16)20(22)26-17-11-15(19(21)12-17)13-27(23,24)18-5-3-2-4-6-18/h2-10,12,15H,11,13H2,1H3. The fourth-order valence-electron chi connectivity index (χ4n) is 2.79. The van der Waals surface area contributed by atoms with Gasteiger partial charge in [-0.25, -0.2) is 13.2 Å². The van der Waals surface area contributed by atoms with Gasteiger partial charge in [0.2, 0.25) is 0 Å². The monoisotopic (exact) mass is 386 g/mol. The van der Waals surface area contributed by atoms with Crippen molar-refractivity contribution in [1.82, 2.24) is 0 Å². The lowest BCUT2D eigenvalue weighted by Crippen LogP contribution is -2.20. The number of rotatable bonds is 6. The van der Waals surface area contributed by atoms with Crippen molar-refractivity contribution in [3.63, 3.8) is 0 Å². The van der Waals surface area contributed by atoms with Gasteiger partial charge >= 0.3 is 5.97 Å². The molecule has 0 radical (unpaired) electrons. The fourth-order valence-corrected chi connectivity index (χ4v) is 4.36. The Bertz CT molecular complexity index is 975. The molecule has 0 N–H and O–H groups in total. The van der Waals surface area contributed by atoms with Crippen LogP contribution >= 0.6 is 0 Å². The topological polar surface area (TPSA) is 86.7 Å². The van der Waals surface area contributed by atoms with E-state index in [0.29, 0.717) is 11.3 Å². The number of carbonyl (C=O) groups is 2. The van der Waals surface area contributed by atoms with Gasteiger partial charge in [0.05, 0.1) is 23.3 Å². The van der Waals surface area contributed by atoms with Gasteiger partial charge in [-0.2, -0.15) is 0 Å². The van der Waals surface area contributed by atoms with Crippen LogP contribution in [-0.4, -0.2) is 33.0 Å². The first-order valence-corrected chi connectivity index (χ1v) is 9.93. The van der Waals surface area contributed by atoms with E-state index in [2.05, 4.69) is 0 Å². The zero-order valence-corrected chi connectivity index (χ0v) is 15.4. The molecule has 6 nitrogen and oxygen atoms in total. The maximum atomic E-state index is 12.4.